The number of nitrogens with zero attached hydrogens (tertiary/aromatic N) is 3. The number of carbonyl (C=O) groups excluding carboxylic acids is 1. The Morgan fingerprint density at radius 2 is 1.84 bits per heavy atom. The molecular formula is C33H36BrN5O3S. The highest BCUT2D eigenvalue weighted by molar-refractivity contribution is 9.10. The molecule has 4 aromatic rings. The molecule has 3 aromatic carbocycles. The second kappa shape index (κ2) is 13.7. The molecule has 0 fully saturated rings. The molecule has 1 aromatic heterocycles. The van der Waals surface area contributed by atoms with Crippen molar-refractivity contribution in [1.82, 2.24) is 14.8 Å². The summed E-state index contributed by atoms with van der Waals surface area (Å²) in [5.41, 5.74) is 6.09. The standard InChI is InChI=1S/C33H36BrN5O3S/c1-6-15-43-33-37-32-35-22(5)28(31(40)36-25-10-8-9-21(4)16-25)29(39(32)38-33)24-17-26(34)30(27(18-24)41-7-2)42-19-23-13-11-20(3)12-14-23/h8-14,16-18,29H,6-7,15,19H2,1-5H3,(H,36,40)(H,35,37,38). The van der Waals surface area contributed by atoms with Gasteiger partial charge in [-0.2, -0.15) is 4.98 Å². The molecule has 0 saturated carbocycles. The lowest BCUT2D eigenvalue weighted by molar-refractivity contribution is -0.113. The van der Waals surface area contributed by atoms with Crippen LogP contribution in [0, 0.1) is 13.8 Å². The number of halogens is 1. The fourth-order valence-electron chi connectivity index (χ4n) is 4.90. The normalized spacial score (nSPS) is 14.2. The van der Waals surface area contributed by atoms with Gasteiger partial charge in [-0.25, -0.2) is 4.68 Å². The molecule has 1 aliphatic rings. The number of anilines is 2. The van der Waals surface area contributed by atoms with Crippen LogP contribution in [0.25, 0.3) is 0 Å². The van der Waals surface area contributed by atoms with Crippen LogP contribution >= 0.6 is 27.7 Å². The van der Waals surface area contributed by atoms with Crippen LogP contribution in [0.3, 0.4) is 0 Å². The monoisotopic (exact) mass is 661 g/mol. The number of aromatic nitrogens is 3. The van der Waals surface area contributed by atoms with Gasteiger partial charge in [0.15, 0.2) is 11.5 Å². The van der Waals surface area contributed by atoms with Crippen LogP contribution in [-0.4, -0.2) is 33.0 Å². The van der Waals surface area contributed by atoms with Crippen molar-refractivity contribution < 1.29 is 14.3 Å². The van der Waals surface area contributed by atoms with Crippen LogP contribution in [0.15, 0.2) is 81.6 Å². The summed E-state index contributed by atoms with van der Waals surface area (Å²) in [6.45, 7) is 10.9. The molecule has 2 N–H and O–H groups in total. The van der Waals surface area contributed by atoms with Crippen LogP contribution in [0.1, 0.15) is 55.5 Å². The van der Waals surface area contributed by atoms with E-state index in [2.05, 4.69) is 64.7 Å². The maximum absolute atomic E-state index is 14.0. The van der Waals surface area contributed by atoms with Crippen LogP contribution in [0.4, 0.5) is 11.6 Å². The fourth-order valence-corrected chi connectivity index (χ4v) is 6.16. The van der Waals surface area contributed by atoms with Crippen molar-refractivity contribution in [1.29, 1.82) is 0 Å². The number of carbonyl (C=O) groups is 1. The lowest BCUT2D eigenvalue weighted by atomic mass is 9.94. The summed E-state index contributed by atoms with van der Waals surface area (Å²) in [7, 11) is 0. The highest BCUT2D eigenvalue weighted by atomic mass is 79.9. The first-order valence-electron chi connectivity index (χ1n) is 14.4. The molecule has 8 nitrogen and oxygen atoms in total. The highest BCUT2D eigenvalue weighted by Crippen LogP contribution is 2.43. The van der Waals surface area contributed by atoms with E-state index < -0.39 is 6.04 Å². The summed E-state index contributed by atoms with van der Waals surface area (Å²) < 4.78 is 14.9. The Bertz CT molecular complexity index is 1650. The number of fused-ring (bicyclic) bond motifs is 1. The van der Waals surface area contributed by atoms with E-state index in [1.54, 1.807) is 16.4 Å². The van der Waals surface area contributed by atoms with Gasteiger partial charge in [0, 0.05) is 17.1 Å². The van der Waals surface area contributed by atoms with Gasteiger partial charge in [-0.05, 0) is 91.0 Å². The summed E-state index contributed by atoms with van der Waals surface area (Å²) in [5, 5.41) is 11.9. The van der Waals surface area contributed by atoms with Crippen LogP contribution in [0.2, 0.25) is 0 Å². The Hall–Kier alpha value is -3.76. The van der Waals surface area contributed by atoms with E-state index in [-0.39, 0.29) is 5.91 Å². The molecular weight excluding hydrogens is 626 g/mol. The molecule has 1 unspecified atom stereocenters. The van der Waals surface area contributed by atoms with E-state index in [1.165, 1.54) is 5.56 Å². The van der Waals surface area contributed by atoms with Crippen molar-refractivity contribution in [3.8, 4) is 11.5 Å². The molecule has 0 aliphatic carbocycles. The minimum absolute atomic E-state index is 0.224. The van der Waals surface area contributed by atoms with Gasteiger partial charge in [-0.15, -0.1) is 5.10 Å². The number of rotatable bonds is 11. The number of nitrogens with one attached hydrogen (secondary N) is 2. The predicted molar refractivity (Wildman–Crippen MR) is 176 cm³/mol. The molecule has 2 heterocycles. The van der Waals surface area contributed by atoms with E-state index >= 15 is 0 Å². The highest BCUT2D eigenvalue weighted by Gasteiger charge is 2.35. The summed E-state index contributed by atoms with van der Waals surface area (Å²) in [6.07, 6.45) is 1.00. The van der Waals surface area contributed by atoms with E-state index in [0.717, 1.165) is 39.0 Å². The average Bonchev–Trinajstić information content (AvgIpc) is 3.38. The Morgan fingerprint density at radius 3 is 2.56 bits per heavy atom. The SMILES string of the molecule is CCCSc1nc2n(n1)C(c1cc(Br)c(OCc3ccc(C)cc3)c(OCC)c1)C(C(=O)Nc1cccc(C)c1)=C(C)N2. The van der Waals surface area contributed by atoms with Gasteiger partial charge in [-0.3, -0.25) is 4.79 Å². The predicted octanol–water partition coefficient (Wildman–Crippen LogP) is 8.06. The zero-order chi connectivity index (χ0) is 30.5. The zero-order valence-electron chi connectivity index (χ0n) is 25.0. The number of allylic oxidation sites excluding steroid dienone is 1. The molecule has 1 atom stereocenters. The molecule has 0 radical (unpaired) electrons. The van der Waals surface area contributed by atoms with Gasteiger partial charge in [0.2, 0.25) is 11.1 Å². The first-order valence-corrected chi connectivity index (χ1v) is 16.1. The van der Waals surface area contributed by atoms with Crippen LogP contribution in [-0.2, 0) is 11.4 Å². The maximum atomic E-state index is 14.0. The second-order valence-electron chi connectivity index (χ2n) is 10.4. The molecule has 1 amide bonds. The number of hydrogen-bond acceptors (Lipinski definition) is 7. The molecule has 0 spiro atoms. The van der Waals surface area contributed by atoms with Crippen molar-refractivity contribution in [2.24, 2.45) is 0 Å². The van der Waals surface area contributed by atoms with Gasteiger partial charge in [0.25, 0.3) is 5.91 Å². The number of thioether (sulfide) groups is 1. The topological polar surface area (TPSA) is 90.3 Å². The van der Waals surface area contributed by atoms with Gasteiger partial charge >= 0.3 is 0 Å². The van der Waals surface area contributed by atoms with Gasteiger partial charge in [0.1, 0.15) is 12.6 Å². The molecule has 5 rings (SSSR count). The number of aryl methyl sites for hydroxylation is 2. The number of amides is 1. The summed E-state index contributed by atoms with van der Waals surface area (Å²) in [4.78, 5) is 18.7. The van der Waals surface area contributed by atoms with Crippen molar-refractivity contribution in [3.05, 3.63) is 98.7 Å². The molecule has 1 aliphatic heterocycles. The van der Waals surface area contributed by atoms with Crippen molar-refractivity contribution in [2.75, 3.05) is 23.0 Å². The van der Waals surface area contributed by atoms with Crippen LogP contribution in [0.5, 0.6) is 11.5 Å². The first-order chi connectivity index (χ1) is 20.8. The molecule has 0 saturated heterocycles. The van der Waals surface area contributed by atoms with E-state index in [0.29, 0.717) is 47.1 Å². The first kappa shape index (κ1) is 30.7. The van der Waals surface area contributed by atoms with Gasteiger partial charge < -0.3 is 20.1 Å². The minimum atomic E-state index is -0.564. The molecule has 0 bridgehead atoms. The third-order valence-corrected chi connectivity index (χ3v) is 8.57. The van der Waals surface area contributed by atoms with Crippen molar-refractivity contribution >= 4 is 45.2 Å². The Labute approximate surface area is 265 Å². The third-order valence-electron chi connectivity index (χ3n) is 6.94. The minimum Gasteiger partial charge on any atom is -0.490 e. The van der Waals surface area contributed by atoms with Gasteiger partial charge in [-0.1, -0.05) is 60.6 Å². The fraction of sp³-hybridized carbons (Fsp3) is 0.303. The Morgan fingerprint density at radius 1 is 1.05 bits per heavy atom. The molecule has 224 valence electrons. The number of benzene rings is 3. The Balaban J connectivity index is 1.56. The molecule has 43 heavy (non-hydrogen) atoms. The van der Waals surface area contributed by atoms with Crippen molar-refractivity contribution in [3.63, 3.8) is 0 Å². The summed E-state index contributed by atoms with van der Waals surface area (Å²) in [6, 6.07) is 19.3. The van der Waals surface area contributed by atoms with Crippen molar-refractivity contribution in [2.45, 2.75) is 58.8 Å². The smallest absolute Gasteiger partial charge is 0.255 e. The van der Waals surface area contributed by atoms with E-state index in [4.69, 9.17) is 19.6 Å². The lowest BCUT2D eigenvalue weighted by Gasteiger charge is -2.29. The van der Waals surface area contributed by atoms with Crippen LogP contribution < -0.4 is 20.1 Å². The second-order valence-corrected chi connectivity index (χ2v) is 12.4. The average molecular weight is 663 g/mol. The Kier molecular flexibility index (Phi) is 9.77. The lowest BCUT2D eigenvalue weighted by Crippen LogP contribution is -2.31. The van der Waals surface area contributed by atoms with E-state index in [1.807, 2.05) is 57.2 Å². The number of ether oxygens (including phenoxy) is 2. The van der Waals surface area contributed by atoms with Gasteiger partial charge in [0.05, 0.1) is 16.7 Å². The third kappa shape index (κ3) is 7.08. The quantitative estimate of drug-likeness (QED) is 0.157. The molecule has 10 heteroatoms. The van der Waals surface area contributed by atoms with E-state index in [9.17, 15) is 4.79 Å². The number of hydrogen-bond donors (Lipinski definition) is 2. The zero-order valence-corrected chi connectivity index (χ0v) is 27.4. The summed E-state index contributed by atoms with van der Waals surface area (Å²) >= 11 is 5.34. The maximum Gasteiger partial charge on any atom is 0.255 e. The summed E-state index contributed by atoms with van der Waals surface area (Å²) in [5.74, 6) is 2.44. The largest absolute Gasteiger partial charge is 0.490 e.